The van der Waals surface area contributed by atoms with Crippen molar-refractivity contribution in [3.8, 4) is 0 Å². The maximum atomic E-state index is 12.9. The zero-order valence-corrected chi connectivity index (χ0v) is 19.0. The number of ether oxygens (including phenoxy) is 2. The minimum Gasteiger partial charge on any atom is -0.463 e. The second-order valence-electron chi connectivity index (χ2n) is 7.33. The largest absolute Gasteiger partial charge is 0.463 e. The van der Waals surface area contributed by atoms with Gasteiger partial charge in [0.05, 0.1) is 43.6 Å². The van der Waals surface area contributed by atoms with Gasteiger partial charge in [-0.1, -0.05) is 35.5 Å². The number of amides is 1. The Balaban J connectivity index is 1.68. The Morgan fingerprint density at radius 3 is 2.65 bits per heavy atom. The van der Waals surface area contributed by atoms with Crippen LogP contribution in [0.4, 0.5) is 0 Å². The lowest BCUT2D eigenvalue weighted by Gasteiger charge is -2.37. The third-order valence-electron chi connectivity index (χ3n) is 5.38. The molecule has 3 aliphatic rings. The summed E-state index contributed by atoms with van der Waals surface area (Å²) < 4.78 is 10.7. The van der Waals surface area contributed by atoms with E-state index in [0.29, 0.717) is 42.6 Å². The zero-order valence-electron chi connectivity index (χ0n) is 17.5. The first-order chi connectivity index (χ1) is 15.0. The van der Waals surface area contributed by atoms with E-state index in [0.717, 1.165) is 16.4 Å². The molecule has 7 nitrogen and oxygen atoms in total. The number of halogens is 1. The molecule has 1 fully saturated rings. The molecule has 0 aliphatic carbocycles. The monoisotopic (exact) mass is 461 g/mol. The van der Waals surface area contributed by atoms with Crippen molar-refractivity contribution in [2.24, 2.45) is 4.99 Å². The zero-order chi connectivity index (χ0) is 22.0. The number of benzene rings is 1. The molecule has 1 unspecified atom stereocenters. The Bertz CT molecular complexity index is 967. The third kappa shape index (κ3) is 4.51. The van der Waals surface area contributed by atoms with Crippen LogP contribution in [0.5, 0.6) is 0 Å². The fraction of sp³-hybridized carbons (Fsp3) is 0.409. The van der Waals surface area contributed by atoms with Crippen LogP contribution >= 0.6 is 23.4 Å². The van der Waals surface area contributed by atoms with E-state index >= 15 is 0 Å². The molecular formula is C22H24ClN3O4S. The molecule has 0 spiro atoms. The SMILES string of the molecule is CCOC(=O)C1=C(C)N=C2SC=C(CC(=O)N3CCOCC3)N2C1c1ccc(Cl)cc1. The number of hydrogen-bond donors (Lipinski definition) is 0. The van der Waals surface area contributed by atoms with Crippen LogP contribution in [0, 0.1) is 0 Å². The first kappa shape index (κ1) is 21.9. The van der Waals surface area contributed by atoms with Gasteiger partial charge in [0.15, 0.2) is 5.17 Å². The maximum Gasteiger partial charge on any atom is 0.338 e. The lowest BCUT2D eigenvalue weighted by Crippen LogP contribution is -2.42. The summed E-state index contributed by atoms with van der Waals surface area (Å²) >= 11 is 7.57. The molecule has 4 rings (SSSR count). The van der Waals surface area contributed by atoms with Gasteiger partial charge in [0.2, 0.25) is 5.91 Å². The fourth-order valence-corrected chi connectivity index (χ4v) is 4.97. The van der Waals surface area contributed by atoms with Crippen molar-refractivity contribution >= 4 is 40.4 Å². The number of hydrogen-bond acceptors (Lipinski definition) is 7. The molecule has 164 valence electrons. The summed E-state index contributed by atoms with van der Waals surface area (Å²) in [4.78, 5) is 34.3. The van der Waals surface area contributed by atoms with Gasteiger partial charge < -0.3 is 19.3 Å². The molecule has 0 aromatic heterocycles. The van der Waals surface area contributed by atoms with Crippen LogP contribution in [0.1, 0.15) is 31.9 Å². The number of carbonyl (C=O) groups is 2. The summed E-state index contributed by atoms with van der Waals surface area (Å²) in [6.07, 6.45) is 0.227. The van der Waals surface area contributed by atoms with Crippen LogP contribution in [0.25, 0.3) is 0 Å². The minimum absolute atomic E-state index is 0.0372. The van der Waals surface area contributed by atoms with E-state index in [9.17, 15) is 9.59 Å². The average Bonchev–Trinajstić information content (AvgIpc) is 3.16. The molecule has 31 heavy (non-hydrogen) atoms. The molecule has 0 N–H and O–H groups in total. The average molecular weight is 462 g/mol. The Kier molecular flexibility index (Phi) is 6.69. The summed E-state index contributed by atoms with van der Waals surface area (Å²) in [5.41, 5.74) is 2.78. The highest BCUT2D eigenvalue weighted by Gasteiger charge is 2.41. The van der Waals surface area contributed by atoms with Gasteiger partial charge in [-0.2, -0.15) is 0 Å². The predicted molar refractivity (Wildman–Crippen MR) is 120 cm³/mol. The number of fused-ring (bicyclic) bond motifs is 1. The lowest BCUT2D eigenvalue weighted by molar-refractivity contribution is -0.139. The Labute approximate surface area is 190 Å². The highest BCUT2D eigenvalue weighted by molar-refractivity contribution is 8.16. The van der Waals surface area contributed by atoms with E-state index < -0.39 is 12.0 Å². The standard InChI is InChI=1S/C22H24ClN3O4S/c1-3-30-21(28)19-14(2)24-22-26(20(19)15-4-6-16(23)7-5-15)17(13-31-22)12-18(27)25-8-10-29-11-9-25/h4-7,13,20H,3,8-12H2,1-2H3. The number of amidine groups is 1. The van der Waals surface area contributed by atoms with Crippen LogP contribution in [0.2, 0.25) is 5.02 Å². The number of carbonyl (C=O) groups excluding carboxylic acids is 2. The van der Waals surface area contributed by atoms with Gasteiger partial charge in [0, 0.05) is 23.8 Å². The normalized spacial score (nSPS) is 20.9. The number of rotatable bonds is 5. The van der Waals surface area contributed by atoms with Gasteiger partial charge >= 0.3 is 5.97 Å². The number of aliphatic imine (C=N–C) groups is 1. The van der Waals surface area contributed by atoms with E-state index in [4.69, 9.17) is 21.1 Å². The molecule has 1 atom stereocenters. The maximum absolute atomic E-state index is 12.9. The summed E-state index contributed by atoms with van der Waals surface area (Å²) in [5, 5.41) is 3.30. The van der Waals surface area contributed by atoms with E-state index in [-0.39, 0.29) is 18.9 Å². The topological polar surface area (TPSA) is 71.4 Å². The van der Waals surface area contributed by atoms with Crippen LogP contribution in [0.15, 0.2) is 51.6 Å². The molecule has 3 heterocycles. The Morgan fingerprint density at radius 1 is 1.26 bits per heavy atom. The molecular weight excluding hydrogens is 438 g/mol. The first-order valence-corrected chi connectivity index (χ1v) is 11.5. The van der Waals surface area contributed by atoms with E-state index in [1.807, 2.05) is 34.3 Å². The van der Waals surface area contributed by atoms with Crippen molar-refractivity contribution in [1.82, 2.24) is 9.80 Å². The van der Waals surface area contributed by atoms with Crippen LogP contribution in [-0.4, -0.2) is 59.8 Å². The molecule has 1 saturated heterocycles. The second kappa shape index (κ2) is 9.46. The Morgan fingerprint density at radius 2 is 1.97 bits per heavy atom. The van der Waals surface area contributed by atoms with Crippen LogP contribution < -0.4 is 0 Å². The molecule has 0 radical (unpaired) electrons. The first-order valence-electron chi connectivity index (χ1n) is 10.2. The van der Waals surface area contributed by atoms with Gasteiger partial charge in [-0.3, -0.25) is 4.79 Å². The van der Waals surface area contributed by atoms with E-state index in [2.05, 4.69) is 4.99 Å². The van der Waals surface area contributed by atoms with E-state index in [1.165, 1.54) is 11.8 Å². The van der Waals surface area contributed by atoms with Crippen LogP contribution in [-0.2, 0) is 19.1 Å². The fourth-order valence-electron chi connectivity index (χ4n) is 3.88. The quantitative estimate of drug-likeness (QED) is 0.622. The molecule has 0 bridgehead atoms. The number of nitrogens with zero attached hydrogens (tertiary/aromatic N) is 3. The lowest BCUT2D eigenvalue weighted by atomic mass is 9.94. The summed E-state index contributed by atoms with van der Waals surface area (Å²) in [7, 11) is 0. The van der Waals surface area contributed by atoms with Gasteiger partial charge in [-0.05, 0) is 37.0 Å². The molecule has 1 aromatic rings. The number of esters is 1. The summed E-state index contributed by atoms with van der Waals surface area (Å²) in [6.45, 7) is 6.16. The second-order valence-corrected chi connectivity index (χ2v) is 8.61. The smallest absolute Gasteiger partial charge is 0.338 e. The van der Waals surface area contributed by atoms with Crippen molar-refractivity contribution in [3.05, 3.63) is 57.2 Å². The highest BCUT2D eigenvalue weighted by Crippen LogP contribution is 2.45. The number of allylic oxidation sites excluding steroid dienone is 1. The molecule has 1 amide bonds. The Hall–Kier alpha value is -2.29. The highest BCUT2D eigenvalue weighted by atomic mass is 35.5. The molecule has 1 aromatic carbocycles. The van der Waals surface area contributed by atoms with Crippen molar-refractivity contribution in [2.75, 3.05) is 32.9 Å². The van der Waals surface area contributed by atoms with Crippen molar-refractivity contribution < 1.29 is 19.1 Å². The molecule has 0 saturated carbocycles. The summed E-state index contributed by atoms with van der Waals surface area (Å²) in [6, 6.07) is 6.94. The van der Waals surface area contributed by atoms with Crippen molar-refractivity contribution in [1.29, 1.82) is 0 Å². The number of thioether (sulfide) groups is 1. The van der Waals surface area contributed by atoms with Crippen molar-refractivity contribution in [3.63, 3.8) is 0 Å². The van der Waals surface area contributed by atoms with Crippen molar-refractivity contribution in [2.45, 2.75) is 26.3 Å². The number of morpholine rings is 1. The third-order valence-corrected chi connectivity index (χ3v) is 6.52. The van der Waals surface area contributed by atoms with Gasteiger partial charge in [-0.25, -0.2) is 9.79 Å². The molecule has 9 heteroatoms. The van der Waals surface area contributed by atoms with Gasteiger partial charge in [0.1, 0.15) is 0 Å². The summed E-state index contributed by atoms with van der Waals surface area (Å²) in [5.74, 6) is -0.367. The van der Waals surface area contributed by atoms with Crippen LogP contribution in [0.3, 0.4) is 0 Å². The predicted octanol–water partition coefficient (Wildman–Crippen LogP) is 3.73. The minimum atomic E-state index is -0.442. The van der Waals surface area contributed by atoms with E-state index in [1.54, 1.807) is 19.1 Å². The molecule has 3 aliphatic heterocycles. The van der Waals surface area contributed by atoms with Gasteiger partial charge in [0.25, 0.3) is 0 Å². The van der Waals surface area contributed by atoms with Gasteiger partial charge in [-0.15, -0.1) is 0 Å².